The van der Waals surface area contributed by atoms with Crippen LogP contribution < -0.4 is 5.32 Å². The number of amides is 2. The second-order valence-electron chi connectivity index (χ2n) is 5.01. The number of aliphatic hydroxyl groups is 1. The van der Waals surface area contributed by atoms with Gasteiger partial charge in [0.15, 0.2) is 0 Å². The van der Waals surface area contributed by atoms with Gasteiger partial charge in [-0.05, 0) is 25.0 Å². The number of likely N-dealkylation sites (tertiary alicyclic amines) is 1. The number of β-amino-alcohol motifs (C(OH)–C–C–N with tert-alkyl or cyclic N) is 1. The fourth-order valence-electron chi connectivity index (χ4n) is 2.31. The maximum atomic E-state index is 11.9. The minimum absolute atomic E-state index is 0.0166. The predicted molar refractivity (Wildman–Crippen MR) is 75.2 cm³/mol. The highest BCUT2D eigenvalue weighted by Crippen LogP contribution is 2.10. The smallest absolute Gasteiger partial charge is 0.251 e. The Morgan fingerprint density at radius 2 is 2.05 bits per heavy atom. The molecule has 0 aromatic heterocycles. The topological polar surface area (TPSA) is 69.6 Å². The molecule has 0 aliphatic carbocycles. The monoisotopic (exact) mass is 276 g/mol. The number of carbonyl (C=O) groups is 2. The fourth-order valence-corrected chi connectivity index (χ4v) is 2.31. The molecule has 108 valence electrons. The zero-order valence-electron chi connectivity index (χ0n) is 11.4. The van der Waals surface area contributed by atoms with E-state index >= 15 is 0 Å². The van der Waals surface area contributed by atoms with E-state index in [2.05, 4.69) is 5.32 Å². The summed E-state index contributed by atoms with van der Waals surface area (Å²) < 4.78 is 0. The Hall–Kier alpha value is -1.88. The Morgan fingerprint density at radius 3 is 2.75 bits per heavy atom. The van der Waals surface area contributed by atoms with Crippen LogP contribution in [0.2, 0.25) is 0 Å². The first-order valence-electron chi connectivity index (χ1n) is 6.96. The molecule has 1 aromatic carbocycles. The Morgan fingerprint density at radius 1 is 1.30 bits per heavy atom. The number of piperidine rings is 1. The summed E-state index contributed by atoms with van der Waals surface area (Å²) in [6.07, 6.45) is 1.45. The molecule has 0 saturated carbocycles. The van der Waals surface area contributed by atoms with Gasteiger partial charge in [-0.1, -0.05) is 18.2 Å². The first-order valence-corrected chi connectivity index (χ1v) is 6.96. The van der Waals surface area contributed by atoms with E-state index in [4.69, 9.17) is 0 Å². The molecule has 2 rings (SSSR count). The Bertz CT molecular complexity index is 461. The minimum atomic E-state index is -0.411. The Labute approximate surface area is 118 Å². The van der Waals surface area contributed by atoms with Gasteiger partial charge in [-0.3, -0.25) is 9.59 Å². The molecule has 1 aromatic rings. The molecule has 2 N–H and O–H groups in total. The van der Waals surface area contributed by atoms with E-state index in [9.17, 15) is 14.7 Å². The highest BCUT2D eigenvalue weighted by molar-refractivity contribution is 5.94. The zero-order chi connectivity index (χ0) is 14.4. The van der Waals surface area contributed by atoms with Crippen LogP contribution >= 0.6 is 0 Å². The maximum Gasteiger partial charge on any atom is 0.251 e. The maximum absolute atomic E-state index is 11.9. The number of carbonyl (C=O) groups excluding carboxylic acids is 2. The molecule has 1 fully saturated rings. The number of nitrogens with one attached hydrogen (secondary N) is 1. The Balaban J connectivity index is 1.73. The molecule has 0 bridgehead atoms. The SMILES string of the molecule is O=C(NCCC(=O)N1CCC[C@H](O)C1)c1ccccc1. The van der Waals surface area contributed by atoms with Crippen molar-refractivity contribution in [3.8, 4) is 0 Å². The molecule has 2 amide bonds. The van der Waals surface area contributed by atoms with Gasteiger partial charge in [0.05, 0.1) is 6.10 Å². The van der Waals surface area contributed by atoms with Gasteiger partial charge in [-0.2, -0.15) is 0 Å². The number of nitrogens with zero attached hydrogens (tertiary/aromatic N) is 1. The van der Waals surface area contributed by atoms with Gasteiger partial charge < -0.3 is 15.3 Å². The first-order chi connectivity index (χ1) is 9.66. The number of hydrogen-bond donors (Lipinski definition) is 2. The number of benzene rings is 1. The molecule has 1 aliphatic rings. The summed E-state index contributed by atoms with van der Waals surface area (Å²) in [4.78, 5) is 25.4. The quantitative estimate of drug-likeness (QED) is 0.854. The zero-order valence-corrected chi connectivity index (χ0v) is 11.4. The summed E-state index contributed by atoms with van der Waals surface area (Å²) in [5, 5.41) is 12.3. The number of aliphatic hydroxyl groups excluding tert-OH is 1. The van der Waals surface area contributed by atoms with Crippen LogP contribution in [0.5, 0.6) is 0 Å². The Kier molecular flexibility index (Phi) is 5.12. The second kappa shape index (κ2) is 7.05. The summed E-state index contributed by atoms with van der Waals surface area (Å²) in [7, 11) is 0. The lowest BCUT2D eigenvalue weighted by Gasteiger charge is -2.30. The minimum Gasteiger partial charge on any atom is -0.391 e. The predicted octanol–water partition coefficient (Wildman–Crippen LogP) is 0.790. The average molecular weight is 276 g/mol. The molecule has 1 saturated heterocycles. The standard InChI is InChI=1S/C15H20N2O3/c18-13-7-4-10-17(11-13)14(19)8-9-16-15(20)12-5-2-1-3-6-12/h1-3,5-6,13,18H,4,7-11H2,(H,16,20)/t13-/m0/s1. The fraction of sp³-hybridized carbons (Fsp3) is 0.467. The molecule has 5 nitrogen and oxygen atoms in total. The first kappa shape index (κ1) is 14.5. The van der Waals surface area contributed by atoms with Crippen molar-refractivity contribution < 1.29 is 14.7 Å². The van der Waals surface area contributed by atoms with E-state index in [1.807, 2.05) is 6.07 Å². The highest BCUT2D eigenvalue weighted by Gasteiger charge is 2.21. The third-order valence-corrected chi connectivity index (χ3v) is 3.41. The van der Waals surface area contributed by atoms with E-state index in [0.29, 0.717) is 25.2 Å². The highest BCUT2D eigenvalue weighted by atomic mass is 16.3. The van der Waals surface area contributed by atoms with Crippen LogP contribution in [-0.4, -0.2) is 47.6 Å². The van der Waals surface area contributed by atoms with Crippen LogP contribution in [-0.2, 0) is 4.79 Å². The third-order valence-electron chi connectivity index (χ3n) is 3.41. The van der Waals surface area contributed by atoms with E-state index in [-0.39, 0.29) is 18.2 Å². The van der Waals surface area contributed by atoms with Gasteiger partial charge >= 0.3 is 0 Å². The van der Waals surface area contributed by atoms with Crippen LogP contribution in [0.4, 0.5) is 0 Å². The third kappa shape index (κ3) is 4.06. The summed E-state index contributed by atoms with van der Waals surface area (Å²) in [5.74, 6) is -0.186. The summed E-state index contributed by atoms with van der Waals surface area (Å²) in [6, 6.07) is 8.92. The molecule has 1 atom stereocenters. The lowest BCUT2D eigenvalue weighted by Crippen LogP contribution is -2.43. The van der Waals surface area contributed by atoms with E-state index in [0.717, 1.165) is 12.8 Å². The average Bonchev–Trinajstić information content (AvgIpc) is 2.48. The van der Waals surface area contributed by atoms with Crippen molar-refractivity contribution in [2.75, 3.05) is 19.6 Å². The van der Waals surface area contributed by atoms with Crippen molar-refractivity contribution in [2.45, 2.75) is 25.4 Å². The van der Waals surface area contributed by atoms with E-state index in [1.165, 1.54) is 0 Å². The van der Waals surface area contributed by atoms with Gasteiger partial charge in [-0.25, -0.2) is 0 Å². The molecule has 20 heavy (non-hydrogen) atoms. The van der Waals surface area contributed by atoms with Gasteiger partial charge in [-0.15, -0.1) is 0 Å². The van der Waals surface area contributed by atoms with Crippen molar-refractivity contribution in [1.82, 2.24) is 10.2 Å². The lowest BCUT2D eigenvalue weighted by molar-refractivity contribution is -0.134. The second-order valence-corrected chi connectivity index (χ2v) is 5.01. The molecule has 5 heteroatoms. The molecule has 1 aliphatic heterocycles. The van der Waals surface area contributed by atoms with Crippen LogP contribution in [0.1, 0.15) is 29.6 Å². The van der Waals surface area contributed by atoms with Crippen molar-refractivity contribution in [3.63, 3.8) is 0 Å². The number of hydrogen-bond acceptors (Lipinski definition) is 3. The summed E-state index contributed by atoms with van der Waals surface area (Å²) >= 11 is 0. The van der Waals surface area contributed by atoms with E-state index in [1.54, 1.807) is 29.2 Å². The van der Waals surface area contributed by atoms with Crippen LogP contribution in [0, 0.1) is 0 Å². The normalized spacial score (nSPS) is 18.6. The molecule has 1 heterocycles. The van der Waals surface area contributed by atoms with Gasteiger partial charge in [0, 0.05) is 31.6 Å². The van der Waals surface area contributed by atoms with E-state index < -0.39 is 6.10 Å². The van der Waals surface area contributed by atoms with Gasteiger partial charge in [0.25, 0.3) is 5.91 Å². The van der Waals surface area contributed by atoms with Crippen LogP contribution in [0.25, 0.3) is 0 Å². The van der Waals surface area contributed by atoms with Crippen molar-refractivity contribution in [3.05, 3.63) is 35.9 Å². The van der Waals surface area contributed by atoms with Gasteiger partial charge in [0.1, 0.15) is 0 Å². The summed E-state index contributed by atoms with van der Waals surface area (Å²) in [5.41, 5.74) is 0.591. The molecule has 0 spiro atoms. The van der Waals surface area contributed by atoms with Gasteiger partial charge in [0.2, 0.25) is 5.91 Å². The number of rotatable bonds is 4. The lowest BCUT2D eigenvalue weighted by atomic mass is 10.1. The summed E-state index contributed by atoms with van der Waals surface area (Å²) in [6.45, 7) is 1.42. The van der Waals surface area contributed by atoms with Crippen molar-refractivity contribution in [1.29, 1.82) is 0 Å². The van der Waals surface area contributed by atoms with Crippen molar-refractivity contribution in [2.24, 2.45) is 0 Å². The molecule has 0 radical (unpaired) electrons. The molecular formula is C15H20N2O3. The van der Waals surface area contributed by atoms with Crippen LogP contribution in [0.3, 0.4) is 0 Å². The molecular weight excluding hydrogens is 256 g/mol. The molecule has 0 unspecified atom stereocenters. The largest absolute Gasteiger partial charge is 0.391 e. The van der Waals surface area contributed by atoms with Crippen LogP contribution in [0.15, 0.2) is 30.3 Å². The van der Waals surface area contributed by atoms with Crippen molar-refractivity contribution >= 4 is 11.8 Å².